The largest absolute Gasteiger partial charge is 0.494 e. The summed E-state index contributed by atoms with van der Waals surface area (Å²) >= 11 is 0. The number of rotatable bonds is 18. The number of nitrogens with zero attached hydrogens (tertiary/aromatic N) is 2. The Morgan fingerprint density at radius 3 is 2.36 bits per heavy atom. The molecule has 0 saturated carbocycles. The molecule has 0 spiro atoms. The van der Waals surface area contributed by atoms with Crippen LogP contribution in [0.25, 0.3) is 0 Å². The van der Waals surface area contributed by atoms with Crippen LogP contribution in [0, 0.1) is 16.0 Å². The van der Waals surface area contributed by atoms with Gasteiger partial charge in [-0.25, -0.2) is 4.79 Å². The number of hydrogen-bond donors (Lipinski definition) is 1. The highest BCUT2D eigenvalue weighted by atomic mass is 16.6. The van der Waals surface area contributed by atoms with E-state index in [1.165, 1.54) is 32.4 Å². The van der Waals surface area contributed by atoms with E-state index in [2.05, 4.69) is 17.2 Å². The molecule has 2 aromatic carbocycles. The zero-order valence-corrected chi connectivity index (χ0v) is 26.9. The molecule has 0 radical (unpaired) electrons. The fourth-order valence-corrected chi connectivity index (χ4v) is 5.60. The van der Waals surface area contributed by atoms with E-state index in [-0.39, 0.29) is 11.3 Å². The standard InChI is InChI=1S/C34H45N3O8/c1-6-7-13-25(35-19-12-21-44-27-15-9-8-10-16-27)14-11-20-45-29-18-17-26(37(40)41)22-28(29)32-30(33(38)42-4)23(2)36-24(3)31(32)34(39)43-5/h8-10,15-18,22,25,30,32,35H,6-7,11-14,19-21H2,1-5H3. The SMILES string of the molecule is CCCCC(CCCOc1ccc([N+](=O)[O-])cc1C1C(C(=O)OC)=C(C)N=C(C)C1C(=O)OC)NCCCOc1ccccc1. The maximum Gasteiger partial charge on any atom is 0.336 e. The summed E-state index contributed by atoms with van der Waals surface area (Å²) in [4.78, 5) is 41.7. The molecule has 1 aliphatic rings. The van der Waals surface area contributed by atoms with E-state index in [9.17, 15) is 19.7 Å². The van der Waals surface area contributed by atoms with Gasteiger partial charge in [0.2, 0.25) is 0 Å². The average Bonchev–Trinajstić information content (AvgIpc) is 3.04. The zero-order valence-electron chi connectivity index (χ0n) is 26.9. The third-order valence-corrected chi connectivity index (χ3v) is 7.85. The van der Waals surface area contributed by atoms with Crippen molar-refractivity contribution in [3.63, 3.8) is 0 Å². The monoisotopic (exact) mass is 623 g/mol. The predicted octanol–water partition coefficient (Wildman–Crippen LogP) is 6.17. The number of benzene rings is 2. The Morgan fingerprint density at radius 1 is 0.978 bits per heavy atom. The Hall–Kier alpha value is -4.25. The van der Waals surface area contributed by atoms with Gasteiger partial charge in [-0.05, 0) is 64.3 Å². The van der Waals surface area contributed by atoms with Crippen LogP contribution < -0.4 is 14.8 Å². The Kier molecular flexibility index (Phi) is 14.0. The van der Waals surface area contributed by atoms with Crippen LogP contribution in [0.3, 0.4) is 0 Å². The number of nitro groups is 1. The lowest BCUT2D eigenvalue weighted by atomic mass is 9.75. The molecule has 0 aliphatic carbocycles. The Labute approximate surface area is 265 Å². The zero-order chi connectivity index (χ0) is 32.8. The highest BCUT2D eigenvalue weighted by molar-refractivity contribution is 6.07. The van der Waals surface area contributed by atoms with Crippen LogP contribution in [0.4, 0.5) is 5.69 Å². The van der Waals surface area contributed by atoms with Crippen molar-refractivity contribution in [1.82, 2.24) is 5.32 Å². The molecular weight excluding hydrogens is 578 g/mol. The minimum absolute atomic E-state index is 0.129. The maximum atomic E-state index is 13.0. The number of allylic oxidation sites excluding steroid dienone is 1. The topological polar surface area (TPSA) is 139 Å². The molecule has 3 unspecified atom stereocenters. The molecule has 45 heavy (non-hydrogen) atoms. The first kappa shape index (κ1) is 35.2. The number of non-ortho nitro benzene ring substituents is 1. The van der Waals surface area contributed by atoms with E-state index in [4.69, 9.17) is 18.9 Å². The van der Waals surface area contributed by atoms with Crippen LogP contribution >= 0.6 is 0 Å². The van der Waals surface area contributed by atoms with E-state index >= 15 is 0 Å². The van der Waals surface area contributed by atoms with E-state index in [0.29, 0.717) is 42.0 Å². The molecule has 3 atom stereocenters. The Morgan fingerprint density at radius 2 is 1.69 bits per heavy atom. The highest BCUT2D eigenvalue weighted by Crippen LogP contribution is 2.44. The molecule has 0 amide bonds. The molecule has 2 aromatic rings. The summed E-state index contributed by atoms with van der Waals surface area (Å²) < 4.78 is 22.1. The lowest BCUT2D eigenvalue weighted by Crippen LogP contribution is -2.36. The molecule has 1 aliphatic heterocycles. The van der Waals surface area contributed by atoms with Gasteiger partial charge in [0.25, 0.3) is 5.69 Å². The first-order chi connectivity index (χ1) is 21.7. The molecule has 1 N–H and O–H groups in total. The van der Waals surface area contributed by atoms with Crippen LogP contribution in [-0.2, 0) is 19.1 Å². The van der Waals surface area contributed by atoms with E-state index in [1.807, 2.05) is 30.3 Å². The second-order valence-corrected chi connectivity index (χ2v) is 11.0. The van der Waals surface area contributed by atoms with Crippen molar-refractivity contribution in [1.29, 1.82) is 0 Å². The van der Waals surface area contributed by atoms with Gasteiger partial charge in [0.05, 0.1) is 37.9 Å². The normalized spacial score (nSPS) is 16.9. The van der Waals surface area contributed by atoms with Crippen molar-refractivity contribution in [2.45, 2.75) is 71.3 Å². The summed E-state index contributed by atoms with van der Waals surface area (Å²) in [6.45, 7) is 7.27. The number of unbranched alkanes of at least 4 members (excludes halogenated alkanes) is 1. The third kappa shape index (κ3) is 9.87. The van der Waals surface area contributed by atoms with Gasteiger partial charge in [-0.15, -0.1) is 0 Å². The molecule has 3 rings (SSSR count). The van der Waals surface area contributed by atoms with Crippen molar-refractivity contribution in [3.05, 3.63) is 75.5 Å². The number of ether oxygens (including phenoxy) is 4. The smallest absolute Gasteiger partial charge is 0.336 e. The van der Waals surface area contributed by atoms with Crippen molar-refractivity contribution in [2.24, 2.45) is 10.9 Å². The lowest BCUT2D eigenvalue weighted by Gasteiger charge is -2.32. The molecule has 11 nitrogen and oxygen atoms in total. The minimum atomic E-state index is -0.995. The molecule has 0 bridgehead atoms. The molecule has 0 saturated heterocycles. The Balaban J connectivity index is 1.74. The summed E-state index contributed by atoms with van der Waals surface area (Å²) in [6.07, 6.45) is 5.70. The molecule has 1 heterocycles. The highest BCUT2D eigenvalue weighted by Gasteiger charge is 2.43. The molecule has 244 valence electrons. The first-order valence-electron chi connectivity index (χ1n) is 15.5. The van der Waals surface area contributed by atoms with Crippen molar-refractivity contribution in [2.75, 3.05) is 34.0 Å². The number of hydrogen-bond acceptors (Lipinski definition) is 10. The van der Waals surface area contributed by atoms with E-state index in [1.54, 1.807) is 13.8 Å². The van der Waals surface area contributed by atoms with Crippen molar-refractivity contribution >= 4 is 23.3 Å². The van der Waals surface area contributed by atoms with E-state index in [0.717, 1.165) is 50.8 Å². The van der Waals surface area contributed by atoms with Gasteiger partial charge in [-0.3, -0.25) is 19.9 Å². The molecule has 0 fully saturated rings. The molecule has 0 aromatic heterocycles. The average molecular weight is 624 g/mol. The fourth-order valence-electron chi connectivity index (χ4n) is 5.60. The number of nitrogens with one attached hydrogen (secondary N) is 1. The predicted molar refractivity (Wildman–Crippen MR) is 172 cm³/mol. The van der Waals surface area contributed by atoms with Crippen LogP contribution in [0.15, 0.2) is 64.8 Å². The van der Waals surface area contributed by atoms with Gasteiger partial charge < -0.3 is 24.3 Å². The summed E-state index contributed by atoms with van der Waals surface area (Å²) in [5.74, 6) is -2.04. The van der Waals surface area contributed by atoms with Gasteiger partial charge in [-0.1, -0.05) is 38.0 Å². The van der Waals surface area contributed by atoms with Crippen LogP contribution in [0.5, 0.6) is 11.5 Å². The number of methoxy groups -OCH3 is 2. The maximum absolute atomic E-state index is 13.0. The van der Waals surface area contributed by atoms with Crippen LogP contribution in [0.1, 0.15) is 70.8 Å². The van der Waals surface area contributed by atoms with Crippen LogP contribution in [-0.4, -0.2) is 62.6 Å². The second kappa shape index (κ2) is 17.9. The van der Waals surface area contributed by atoms with Gasteiger partial charge >= 0.3 is 11.9 Å². The third-order valence-electron chi connectivity index (χ3n) is 7.85. The quantitative estimate of drug-likeness (QED) is 0.0894. The first-order valence-corrected chi connectivity index (χ1v) is 15.5. The second-order valence-electron chi connectivity index (χ2n) is 11.0. The summed E-state index contributed by atoms with van der Waals surface area (Å²) in [7, 11) is 2.49. The van der Waals surface area contributed by atoms with Crippen molar-refractivity contribution < 1.29 is 33.5 Å². The molecule has 11 heteroatoms. The van der Waals surface area contributed by atoms with Crippen molar-refractivity contribution in [3.8, 4) is 11.5 Å². The fraction of sp³-hybridized carbons (Fsp3) is 0.500. The van der Waals surface area contributed by atoms with Gasteiger partial charge in [0.15, 0.2) is 0 Å². The van der Waals surface area contributed by atoms with Gasteiger partial charge in [0.1, 0.15) is 17.4 Å². The van der Waals surface area contributed by atoms with Crippen LogP contribution in [0.2, 0.25) is 0 Å². The number of aliphatic imine (C=N–C) groups is 1. The summed E-state index contributed by atoms with van der Waals surface area (Å²) in [5.41, 5.74) is 1.05. The number of nitro benzene ring substituents is 1. The molecular formula is C34H45N3O8. The van der Waals surface area contributed by atoms with Gasteiger partial charge in [0, 0.05) is 41.1 Å². The number of para-hydroxylation sites is 1. The lowest BCUT2D eigenvalue weighted by molar-refractivity contribution is -0.385. The Bertz CT molecular complexity index is 1360. The number of carbonyl (C=O) groups excluding carboxylic acids is 2. The van der Waals surface area contributed by atoms with E-state index < -0.39 is 28.7 Å². The summed E-state index contributed by atoms with van der Waals surface area (Å²) in [5, 5.41) is 15.4. The summed E-state index contributed by atoms with van der Waals surface area (Å²) in [6, 6.07) is 14.3. The minimum Gasteiger partial charge on any atom is -0.494 e. The number of esters is 2. The number of carbonyl (C=O) groups is 2. The van der Waals surface area contributed by atoms with Gasteiger partial charge in [-0.2, -0.15) is 0 Å².